The van der Waals surface area contributed by atoms with Crippen LogP contribution in [0.15, 0.2) is 60.9 Å². The molecular weight excluding hydrogens is 718 g/mol. The quantitative estimate of drug-likeness (QED) is 0.165. The number of rotatable bonds is 8. The Labute approximate surface area is 325 Å². The van der Waals surface area contributed by atoms with Crippen LogP contribution in [0, 0.1) is 12.3 Å². The molecule has 3 aromatic heterocycles. The van der Waals surface area contributed by atoms with Crippen molar-refractivity contribution in [2.24, 2.45) is 12.5 Å². The number of nitrogens with zero attached hydrogens (tertiary/aromatic N) is 6. The molecular formula is C42H46ClN7O5. The molecule has 55 heavy (non-hydrogen) atoms. The number of amides is 2. The summed E-state index contributed by atoms with van der Waals surface area (Å²) in [5, 5.41) is 14.0. The molecule has 0 unspecified atom stereocenters. The normalized spacial score (nSPS) is 17.3. The maximum atomic E-state index is 13.6. The van der Waals surface area contributed by atoms with Crippen LogP contribution in [0.2, 0.25) is 5.02 Å². The Balaban J connectivity index is 1.08. The lowest BCUT2D eigenvalue weighted by Crippen LogP contribution is -2.40. The summed E-state index contributed by atoms with van der Waals surface area (Å²) in [4.78, 5) is 56.1. The summed E-state index contributed by atoms with van der Waals surface area (Å²) in [6, 6.07) is 15.7. The predicted octanol–water partition coefficient (Wildman–Crippen LogP) is 7.43. The Morgan fingerprint density at radius 1 is 1.05 bits per heavy atom. The van der Waals surface area contributed by atoms with Crippen molar-refractivity contribution in [1.29, 1.82) is 0 Å². The number of likely N-dealkylation sites (tertiary alicyclic amines) is 1. The zero-order valence-corrected chi connectivity index (χ0v) is 32.8. The summed E-state index contributed by atoms with van der Waals surface area (Å²) in [6.07, 6.45) is 5.00. The van der Waals surface area contributed by atoms with Crippen LogP contribution < -0.4 is 5.32 Å². The van der Waals surface area contributed by atoms with Gasteiger partial charge in [-0.3, -0.25) is 24.5 Å². The summed E-state index contributed by atoms with van der Waals surface area (Å²) in [5.74, 6) is -0.919. The molecule has 286 valence electrons. The van der Waals surface area contributed by atoms with Crippen LogP contribution in [0.4, 0.5) is 10.5 Å². The first-order valence-corrected chi connectivity index (χ1v) is 18.9. The highest BCUT2D eigenvalue weighted by Gasteiger charge is 2.40. The largest absolute Gasteiger partial charge is 0.481 e. The van der Waals surface area contributed by atoms with Crippen molar-refractivity contribution < 1.29 is 24.2 Å². The minimum atomic E-state index is -0.751. The molecule has 0 radical (unpaired) electrons. The summed E-state index contributed by atoms with van der Waals surface area (Å²) in [7, 11) is 1.81. The number of nitrogens with one attached hydrogen (secondary N) is 1. The molecule has 2 amide bonds. The number of hydrogen-bond donors (Lipinski definition) is 2. The van der Waals surface area contributed by atoms with Crippen LogP contribution in [0.1, 0.15) is 78.5 Å². The Kier molecular flexibility index (Phi) is 10.2. The highest BCUT2D eigenvalue weighted by Crippen LogP contribution is 2.37. The third-order valence-corrected chi connectivity index (χ3v) is 11.1. The lowest BCUT2D eigenvalue weighted by molar-refractivity contribution is -0.147. The van der Waals surface area contributed by atoms with Crippen molar-refractivity contribution in [2.75, 3.05) is 25.0 Å². The summed E-state index contributed by atoms with van der Waals surface area (Å²) >= 11 is 7.04. The molecule has 2 aliphatic rings. The third-order valence-electron chi connectivity index (χ3n) is 10.7. The molecule has 0 aliphatic carbocycles. The van der Waals surface area contributed by atoms with E-state index in [0.29, 0.717) is 55.3 Å². The number of hydrogen-bond acceptors (Lipinski definition) is 8. The first-order valence-electron chi connectivity index (χ1n) is 18.5. The minimum absolute atomic E-state index is 0.233. The molecule has 0 spiro atoms. The SMILES string of the molecule is Cc1c(Cc2nccc3cc(CN4CC[C@@](C)(C(=O)O)C4)cnc23)cccc1-c1cccc(NC(=O)c2nc3c(n2C)CCN(C(=O)OC(C)(C)C)C3)c1Cl. The van der Waals surface area contributed by atoms with E-state index in [-0.39, 0.29) is 12.4 Å². The van der Waals surface area contributed by atoms with E-state index >= 15 is 0 Å². The molecule has 1 fully saturated rings. The van der Waals surface area contributed by atoms with Gasteiger partial charge in [0, 0.05) is 68.6 Å². The van der Waals surface area contributed by atoms with E-state index in [1.54, 1.807) is 21.7 Å². The van der Waals surface area contributed by atoms with Gasteiger partial charge < -0.3 is 24.6 Å². The molecule has 0 bridgehead atoms. The van der Waals surface area contributed by atoms with Gasteiger partial charge in [0.25, 0.3) is 5.91 Å². The van der Waals surface area contributed by atoms with Crippen molar-refractivity contribution in [3.05, 3.63) is 106 Å². The van der Waals surface area contributed by atoms with E-state index in [9.17, 15) is 19.5 Å². The number of aromatic nitrogens is 4. The lowest BCUT2D eigenvalue weighted by Gasteiger charge is -2.29. The molecule has 2 aliphatic heterocycles. The van der Waals surface area contributed by atoms with Crippen LogP contribution in [-0.2, 0) is 42.5 Å². The summed E-state index contributed by atoms with van der Waals surface area (Å²) in [5.41, 5.74) is 7.22. The van der Waals surface area contributed by atoms with E-state index in [2.05, 4.69) is 34.3 Å². The molecule has 0 saturated carbocycles. The highest BCUT2D eigenvalue weighted by molar-refractivity contribution is 6.36. The minimum Gasteiger partial charge on any atom is -0.481 e. The Morgan fingerprint density at radius 3 is 2.56 bits per heavy atom. The smallest absolute Gasteiger partial charge is 0.410 e. The van der Waals surface area contributed by atoms with Crippen LogP contribution in [0.5, 0.6) is 0 Å². The number of anilines is 1. The zero-order valence-electron chi connectivity index (χ0n) is 32.1. The standard InChI is InChI=1S/C42H46ClN7O5/c1-25-27(20-32-36-28(13-16-44-32)19-26(21-45-36)22-49-18-15-42(5,24-49)39(52)53)9-7-10-29(25)30-11-8-12-31(35(30)43)47-38(51)37-46-33-23-50(17-14-34(33)48(37)6)40(54)55-41(2,3)4/h7-13,16,19,21H,14-15,17-18,20,22-24H2,1-6H3,(H,47,51)(H,52,53)/t42-/m1/s1. The van der Waals surface area contributed by atoms with E-state index in [4.69, 9.17) is 26.3 Å². The number of imidazole rings is 1. The summed E-state index contributed by atoms with van der Waals surface area (Å²) < 4.78 is 7.33. The molecule has 2 aromatic carbocycles. The van der Waals surface area contributed by atoms with E-state index < -0.39 is 29.0 Å². The number of carboxylic acid groups (broad SMARTS) is 1. The molecule has 7 rings (SSSR count). The van der Waals surface area contributed by atoms with E-state index in [1.165, 1.54) is 0 Å². The number of ether oxygens (including phenoxy) is 1. The van der Waals surface area contributed by atoms with Gasteiger partial charge in [-0.1, -0.05) is 41.9 Å². The zero-order chi connectivity index (χ0) is 39.2. The Bertz CT molecular complexity index is 2330. The van der Waals surface area contributed by atoms with Crippen molar-refractivity contribution in [1.82, 2.24) is 29.3 Å². The van der Waals surface area contributed by atoms with E-state index in [1.807, 2.05) is 71.3 Å². The van der Waals surface area contributed by atoms with Gasteiger partial charge in [0.15, 0.2) is 5.82 Å². The van der Waals surface area contributed by atoms with Gasteiger partial charge in [-0.05, 0) is 88.0 Å². The van der Waals surface area contributed by atoms with Crippen LogP contribution >= 0.6 is 11.6 Å². The first kappa shape index (κ1) is 38.0. The number of pyridine rings is 2. The molecule has 1 saturated heterocycles. The fourth-order valence-electron chi connectivity index (χ4n) is 7.58. The maximum Gasteiger partial charge on any atom is 0.410 e. The van der Waals surface area contributed by atoms with E-state index in [0.717, 1.165) is 56.7 Å². The second-order valence-electron chi connectivity index (χ2n) is 15.9. The number of halogens is 1. The number of carbonyl (C=O) groups is 3. The predicted molar refractivity (Wildman–Crippen MR) is 211 cm³/mol. The van der Waals surface area contributed by atoms with Crippen molar-refractivity contribution in [3.63, 3.8) is 0 Å². The summed E-state index contributed by atoms with van der Waals surface area (Å²) in [6.45, 7) is 12.0. The first-order chi connectivity index (χ1) is 26.1. The number of fused-ring (bicyclic) bond motifs is 2. The van der Waals surface area contributed by atoms with Gasteiger partial charge in [0.05, 0.1) is 39.6 Å². The molecule has 5 aromatic rings. The number of carbonyl (C=O) groups excluding carboxylic acids is 2. The molecule has 5 heterocycles. The van der Waals surface area contributed by atoms with Crippen molar-refractivity contribution >= 4 is 46.2 Å². The van der Waals surface area contributed by atoms with Gasteiger partial charge >= 0.3 is 12.1 Å². The second kappa shape index (κ2) is 14.7. The Morgan fingerprint density at radius 2 is 1.82 bits per heavy atom. The highest BCUT2D eigenvalue weighted by atomic mass is 35.5. The topological polar surface area (TPSA) is 143 Å². The lowest BCUT2D eigenvalue weighted by atomic mass is 9.90. The molecule has 1 atom stereocenters. The number of benzene rings is 2. The Hall–Kier alpha value is -5.33. The van der Waals surface area contributed by atoms with Gasteiger partial charge in [-0.15, -0.1) is 0 Å². The average molecular weight is 764 g/mol. The van der Waals surface area contributed by atoms with Crippen molar-refractivity contribution in [3.8, 4) is 11.1 Å². The van der Waals surface area contributed by atoms with Gasteiger partial charge in [-0.2, -0.15) is 0 Å². The number of aliphatic carboxylic acids is 1. The van der Waals surface area contributed by atoms with Gasteiger partial charge in [0.2, 0.25) is 0 Å². The maximum absolute atomic E-state index is 13.6. The fourth-order valence-corrected chi connectivity index (χ4v) is 7.85. The van der Waals surface area contributed by atoms with Crippen LogP contribution in [-0.4, -0.2) is 77.6 Å². The fraction of sp³-hybridized carbons (Fsp3) is 0.381. The van der Waals surface area contributed by atoms with Crippen LogP contribution in [0.3, 0.4) is 0 Å². The molecule has 12 nitrogen and oxygen atoms in total. The molecule has 13 heteroatoms. The van der Waals surface area contributed by atoms with Crippen LogP contribution in [0.25, 0.3) is 22.0 Å². The van der Waals surface area contributed by atoms with Gasteiger partial charge in [-0.25, -0.2) is 9.78 Å². The average Bonchev–Trinajstić information content (AvgIpc) is 3.68. The molecule has 2 N–H and O–H groups in total. The monoisotopic (exact) mass is 763 g/mol. The third kappa shape index (κ3) is 7.79. The van der Waals surface area contributed by atoms with Crippen molar-refractivity contribution in [2.45, 2.75) is 72.6 Å². The second-order valence-corrected chi connectivity index (χ2v) is 16.3. The van der Waals surface area contributed by atoms with Gasteiger partial charge in [0.1, 0.15) is 5.60 Å². The number of carboxylic acids is 1.